The number of esters is 1. The quantitative estimate of drug-likeness (QED) is 0.853. The van der Waals surface area contributed by atoms with Gasteiger partial charge in [-0.1, -0.05) is 11.6 Å². The number of carbonyl (C=O) groups excluding carboxylic acids is 2. The molecular weight excluding hydrogens is 258 g/mol. The molecule has 18 heavy (non-hydrogen) atoms. The van der Waals surface area contributed by atoms with Crippen molar-refractivity contribution in [3.8, 4) is 5.75 Å². The van der Waals surface area contributed by atoms with Gasteiger partial charge in [0.05, 0.1) is 12.1 Å². The topological polar surface area (TPSA) is 64.6 Å². The zero-order valence-corrected chi connectivity index (χ0v) is 11.1. The van der Waals surface area contributed by atoms with E-state index in [1.54, 1.807) is 18.2 Å². The van der Waals surface area contributed by atoms with Gasteiger partial charge in [-0.3, -0.25) is 9.59 Å². The molecule has 0 heterocycles. The molecule has 5 nitrogen and oxygen atoms in total. The Morgan fingerprint density at radius 2 is 2.06 bits per heavy atom. The summed E-state index contributed by atoms with van der Waals surface area (Å²) < 4.78 is 9.74. The van der Waals surface area contributed by atoms with Gasteiger partial charge < -0.3 is 14.8 Å². The number of rotatable bonds is 4. The SMILES string of the molecule is COc1ccc(NC(=O)[C@@H](C)OC(C)=O)cc1Cl. The van der Waals surface area contributed by atoms with Crippen LogP contribution in [0.2, 0.25) is 5.02 Å². The van der Waals surface area contributed by atoms with Crippen molar-refractivity contribution in [3.63, 3.8) is 0 Å². The molecule has 0 saturated heterocycles. The first-order valence-electron chi connectivity index (χ1n) is 5.25. The van der Waals surface area contributed by atoms with E-state index in [-0.39, 0.29) is 0 Å². The Morgan fingerprint density at radius 3 is 2.56 bits per heavy atom. The second-order valence-electron chi connectivity index (χ2n) is 3.59. The molecular formula is C12H14ClNO4. The van der Waals surface area contributed by atoms with Crippen LogP contribution in [0, 0.1) is 0 Å². The maximum atomic E-state index is 11.7. The standard InChI is InChI=1S/C12H14ClNO4/c1-7(18-8(2)15)12(16)14-9-4-5-11(17-3)10(13)6-9/h4-7H,1-3H3,(H,14,16)/t7-/m1/s1. The van der Waals surface area contributed by atoms with E-state index in [0.717, 1.165) is 0 Å². The molecule has 6 heteroatoms. The molecule has 1 aromatic rings. The second-order valence-corrected chi connectivity index (χ2v) is 4.00. The predicted molar refractivity (Wildman–Crippen MR) is 67.9 cm³/mol. The summed E-state index contributed by atoms with van der Waals surface area (Å²) in [5.41, 5.74) is 0.504. The molecule has 0 aliphatic rings. The Hall–Kier alpha value is -1.75. The summed E-state index contributed by atoms with van der Waals surface area (Å²) in [4.78, 5) is 22.4. The van der Waals surface area contributed by atoms with Crippen LogP contribution in [-0.4, -0.2) is 25.1 Å². The van der Waals surface area contributed by atoms with Crippen LogP contribution >= 0.6 is 11.6 Å². The Bertz CT molecular complexity index is 461. The molecule has 1 N–H and O–H groups in total. The lowest BCUT2D eigenvalue weighted by Crippen LogP contribution is -2.29. The summed E-state index contributed by atoms with van der Waals surface area (Å²) in [5, 5.41) is 2.97. The van der Waals surface area contributed by atoms with Crippen molar-refractivity contribution in [1.82, 2.24) is 0 Å². The average Bonchev–Trinajstić information content (AvgIpc) is 2.28. The fourth-order valence-electron chi connectivity index (χ4n) is 1.29. The zero-order valence-electron chi connectivity index (χ0n) is 10.3. The summed E-state index contributed by atoms with van der Waals surface area (Å²) in [6, 6.07) is 4.83. The highest BCUT2D eigenvalue weighted by Gasteiger charge is 2.16. The predicted octanol–water partition coefficient (Wildman–Crippen LogP) is 2.24. The average molecular weight is 272 g/mol. The lowest BCUT2D eigenvalue weighted by molar-refractivity contribution is -0.150. The van der Waals surface area contributed by atoms with Gasteiger partial charge in [0, 0.05) is 12.6 Å². The van der Waals surface area contributed by atoms with Gasteiger partial charge in [0.1, 0.15) is 5.75 Å². The molecule has 0 bridgehead atoms. The number of nitrogens with one attached hydrogen (secondary N) is 1. The largest absolute Gasteiger partial charge is 0.495 e. The van der Waals surface area contributed by atoms with Gasteiger partial charge >= 0.3 is 5.97 Å². The van der Waals surface area contributed by atoms with Crippen molar-refractivity contribution in [1.29, 1.82) is 0 Å². The van der Waals surface area contributed by atoms with Crippen molar-refractivity contribution in [2.24, 2.45) is 0 Å². The number of halogens is 1. The van der Waals surface area contributed by atoms with Crippen molar-refractivity contribution in [3.05, 3.63) is 23.2 Å². The lowest BCUT2D eigenvalue weighted by atomic mass is 10.3. The summed E-state index contributed by atoms with van der Waals surface area (Å²) in [7, 11) is 1.50. The van der Waals surface area contributed by atoms with E-state index in [1.165, 1.54) is 21.0 Å². The van der Waals surface area contributed by atoms with E-state index < -0.39 is 18.0 Å². The Balaban J connectivity index is 2.70. The smallest absolute Gasteiger partial charge is 0.303 e. The normalized spacial score (nSPS) is 11.6. The summed E-state index contributed by atoms with van der Waals surface area (Å²) >= 11 is 5.92. The first-order chi connectivity index (χ1) is 8.43. The molecule has 0 aromatic heterocycles. The van der Waals surface area contributed by atoms with Gasteiger partial charge in [-0.15, -0.1) is 0 Å². The number of benzene rings is 1. The van der Waals surface area contributed by atoms with E-state index in [0.29, 0.717) is 16.5 Å². The first-order valence-corrected chi connectivity index (χ1v) is 5.63. The minimum Gasteiger partial charge on any atom is -0.495 e. The molecule has 0 unspecified atom stereocenters. The second kappa shape index (κ2) is 6.26. The van der Waals surface area contributed by atoms with Crippen LogP contribution in [0.25, 0.3) is 0 Å². The number of amides is 1. The number of methoxy groups -OCH3 is 1. The molecule has 1 amide bonds. The van der Waals surface area contributed by atoms with Crippen LogP contribution in [0.5, 0.6) is 5.75 Å². The Morgan fingerprint density at radius 1 is 1.39 bits per heavy atom. The highest BCUT2D eigenvalue weighted by atomic mass is 35.5. The van der Waals surface area contributed by atoms with Crippen molar-refractivity contribution in [2.45, 2.75) is 20.0 Å². The molecule has 0 fully saturated rings. The summed E-state index contributed by atoms with van der Waals surface area (Å²) in [5.74, 6) is -0.417. The zero-order chi connectivity index (χ0) is 13.7. The number of carbonyl (C=O) groups is 2. The first kappa shape index (κ1) is 14.3. The minimum absolute atomic E-state index is 0.385. The van der Waals surface area contributed by atoms with E-state index in [9.17, 15) is 9.59 Å². The molecule has 0 aliphatic heterocycles. The fraction of sp³-hybridized carbons (Fsp3) is 0.333. The highest BCUT2D eigenvalue weighted by Crippen LogP contribution is 2.27. The van der Waals surface area contributed by atoms with Gasteiger partial charge in [-0.2, -0.15) is 0 Å². The van der Waals surface area contributed by atoms with E-state index in [2.05, 4.69) is 5.32 Å². The maximum Gasteiger partial charge on any atom is 0.303 e. The summed E-state index contributed by atoms with van der Waals surface area (Å²) in [6.07, 6.45) is -0.858. The molecule has 1 atom stereocenters. The van der Waals surface area contributed by atoms with Gasteiger partial charge in [0.2, 0.25) is 0 Å². The van der Waals surface area contributed by atoms with Crippen LogP contribution in [0.4, 0.5) is 5.69 Å². The Labute approximate surface area is 110 Å². The molecule has 98 valence electrons. The minimum atomic E-state index is -0.858. The van der Waals surface area contributed by atoms with Crippen molar-refractivity contribution >= 4 is 29.2 Å². The van der Waals surface area contributed by atoms with Crippen LogP contribution < -0.4 is 10.1 Å². The van der Waals surface area contributed by atoms with E-state index in [4.69, 9.17) is 21.1 Å². The van der Waals surface area contributed by atoms with E-state index in [1.807, 2.05) is 0 Å². The number of ether oxygens (including phenoxy) is 2. The van der Waals surface area contributed by atoms with Gasteiger partial charge in [0.25, 0.3) is 5.91 Å². The number of hydrogen-bond acceptors (Lipinski definition) is 4. The van der Waals surface area contributed by atoms with Crippen LogP contribution in [0.3, 0.4) is 0 Å². The molecule has 1 rings (SSSR count). The third-order valence-corrected chi connectivity index (χ3v) is 2.43. The number of hydrogen-bond donors (Lipinski definition) is 1. The molecule has 0 aliphatic carbocycles. The monoisotopic (exact) mass is 271 g/mol. The third kappa shape index (κ3) is 3.92. The molecule has 1 aromatic carbocycles. The lowest BCUT2D eigenvalue weighted by Gasteiger charge is -2.12. The van der Waals surface area contributed by atoms with Gasteiger partial charge in [0.15, 0.2) is 6.10 Å². The van der Waals surface area contributed by atoms with E-state index >= 15 is 0 Å². The molecule has 0 saturated carbocycles. The van der Waals surface area contributed by atoms with Crippen LogP contribution in [-0.2, 0) is 14.3 Å². The molecule has 0 radical (unpaired) electrons. The maximum absolute atomic E-state index is 11.7. The van der Waals surface area contributed by atoms with Crippen LogP contribution in [0.15, 0.2) is 18.2 Å². The van der Waals surface area contributed by atoms with Crippen LogP contribution in [0.1, 0.15) is 13.8 Å². The molecule has 0 spiro atoms. The third-order valence-electron chi connectivity index (χ3n) is 2.13. The van der Waals surface area contributed by atoms with Crippen molar-refractivity contribution < 1.29 is 19.1 Å². The summed E-state index contributed by atoms with van der Waals surface area (Å²) in [6.45, 7) is 2.73. The highest BCUT2D eigenvalue weighted by molar-refractivity contribution is 6.32. The van der Waals surface area contributed by atoms with Crippen molar-refractivity contribution in [2.75, 3.05) is 12.4 Å². The number of anilines is 1. The Kier molecular flexibility index (Phi) is 4.97. The van der Waals surface area contributed by atoms with Gasteiger partial charge in [-0.05, 0) is 25.1 Å². The fourth-order valence-corrected chi connectivity index (χ4v) is 1.55. The van der Waals surface area contributed by atoms with Gasteiger partial charge in [-0.25, -0.2) is 0 Å².